The molecule has 0 bridgehead atoms. The fraction of sp³-hybridized carbons (Fsp3) is 0.741. The molecule has 3 heteroatoms. The second kappa shape index (κ2) is 9.83. The summed E-state index contributed by atoms with van der Waals surface area (Å²) in [7, 11) is 1.35. The van der Waals surface area contributed by atoms with Crippen molar-refractivity contribution < 1.29 is 13.9 Å². The Labute approximate surface area is 182 Å². The number of hydrogen-bond acceptors (Lipinski definition) is 2. The second-order valence-electron chi connectivity index (χ2n) is 10.4. The molecular formula is C27H39FO2. The molecule has 0 aliphatic heterocycles. The van der Waals surface area contributed by atoms with Gasteiger partial charge in [0.15, 0.2) is 0 Å². The topological polar surface area (TPSA) is 26.3 Å². The van der Waals surface area contributed by atoms with Gasteiger partial charge in [0.25, 0.3) is 0 Å². The quantitative estimate of drug-likeness (QED) is 0.365. The van der Waals surface area contributed by atoms with Gasteiger partial charge in [0.1, 0.15) is 5.82 Å². The number of carbonyl (C=O) groups is 1. The minimum Gasteiger partial charge on any atom is -0.465 e. The summed E-state index contributed by atoms with van der Waals surface area (Å²) < 4.78 is 19.6. The predicted octanol–water partition coefficient (Wildman–Crippen LogP) is 7.13. The minimum atomic E-state index is -0.442. The van der Waals surface area contributed by atoms with Gasteiger partial charge in [-0.3, -0.25) is 0 Å². The summed E-state index contributed by atoms with van der Waals surface area (Å²) >= 11 is 0. The van der Waals surface area contributed by atoms with E-state index in [9.17, 15) is 9.18 Å². The van der Waals surface area contributed by atoms with Crippen LogP contribution >= 0.6 is 0 Å². The van der Waals surface area contributed by atoms with E-state index < -0.39 is 5.97 Å². The average molecular weight is 415 g/mol. The first-order valence-electron chi connectivity index (χ1n) is 12.5. The van der Waals surface area contributed by atoms with Crippen LogP contribution in [0.25, 0.3) is 0 Å². The molecule has 2 nitrogen and oxygen atoms in total. The number of aryl methyl sites for hydroxylation is 1. The van der Waals surface area contributed by atoms with Crippen LogP contribution in [0.1, 0.15) is 99.0 Å². The fourth-order valence-corrected chi connectivity index (χ4v) is 6.88. The lowest BCUT2D eigenvalue weighted by atomic mass is 9.60. The summed E-state index contributed by atoms with van der Waals surface area (Å²) in [6.45, 7) is 2.30. The van der Waals surface area contributed by atoms with Gasteiger partial charge in [-0.15, -0.1) is 0 Å². The number of ether oxygens (including phenoxy) is 1. The molecule has 0 N–H and O–H groups in total. The van der Waals surface area contributed by atoms with Gasteiger partial charge in [0, 0.05) is 0 Å². The molecule has 5 atom stereocenters. The van der Waals surface area contributed by atoms with E-state index in [0.717, 1.165) is 54.1 Å². The van der Waals surface area contributed by atoms with Crippen molar-refractivity contribution in [1.29, 1.82) is 0 Å². The molecule has 3 aliphatic carbocycles. The maximum Gasteiger partial charge on any atom is 0.337 e. The van der Waals surface area contributed by atoms with E-state index >= 15 is 0 Å². The third-order valence-corrected chi connectivity index (χ3v) is 8.60. The zero-order valence-corrected chi connectivity index (χ0v) is 18.9. The summed E-state index contributed by atoms with van der Waals surface area (Å²) in [5, 5.41) is 0. The largest absolute Gasteiger partial charge is 0.465 e. The number of rotatable bonds is 6. The molecule has 3 aliphatic rings. The van der Waals surface area contributed by atoms with Crippen molar-refractivity contribution in [2.75, 3.05) is 7.11 Å². The van der Waals surface area contributed by atoms with Gasteiger partial charge in [-0.25, -0.2) is 9.18 Å². The highest BCUT2D eigenvalue weighted by Gasteiger charge is 2.38. The van der Waals surface area contributed by atoms with Crippen molar-refractivity contribution in [1.82, 2.24) is 0 Å². The van der Waals surface area contributed by atoms with Crippen molar-refractivity contribution >= 4 is 5.97 Å². The number of carbonyl (C=O) groups excluding carboxylic acids is 1. The van der Waals surface area contributed by atoms with Crippen molar-refractivity contribution in [3.05, 3.63) is 34.6 Å². The van der Waals surface area contributed by atoms with Crippen LogP contribution in [-0.4, -0.2) is 13.1 Å². The van der Waals surface area contributed by atoms with Gasteiger partial charge in [-0.05, 0) is 104 Å². The van der Waals surface area contributed by atoms with Gasteiger partial charge in [0.2, 0.25) is 0 Å². The number of methoxy groups -OCH3 is 1. The van der Waals surface area contributed by atoms with Crippen LogP contribution in [0.3, 0.4) is 0 Å². The van der Waals surface area contributed by atoms with E-state index in [1.54, 1.807) is 0 Å². The van der Waals surface area contributed by atoms with Crippen LogP contribution in [0.15, 0.2) is 12.1 Å². The molecule has 1 aromatic rings. The van der Waals surface area contributed by atoms with Gasteiger partial charge in [-0.2, -0.15) is 0 Å². The van der Waals surface area contributed by atoms with Gasteiger partial charge in [-0.1, -0.05) is 39.0 Å². The Kier molecular flexibility index (Phi) is 7.16. The van der Waals surface area contributed by atoms with Crippen LogP contribution in [-0.2, 0) is 17.6 Å². The van der Waals surface area contributed by atoms with E-state index in [2.05, 4.69) is 6.92 Å². The van der Waals surface area contributed by atoms with Crippen LogP contribution in [0.2, 0.25) is 0 Å². The maximum atomic E-state index is 14.8. The zero-order valence-electron chi connectivity index (χ0n) is 18.9. The number of fused-ring (bicyclic) bond motifs is 2. The smallest absolute Gasteiger partial charge is 0.337 e. The Bertz CT molecular complexity index is 743. The third-order valence-electron chi connectivity index (χ3n) is 8.60. The summed E-state index contributed by atoms with van der Waals surface area (Å²) in [5.41, 5.74) is 2.23. The fourth-order valence-electron chi connectivity index (χ4n) is 6.88. The average Bonchev–Trinajstić information content (AvgIpc) is 2.78. The van der Waals surface area contributed by atoms with Crippen molar-refractivity contribution in [3.8, 4) is 0 Å². The molecule has 0 aromatic heterocycles. The molecule has 5 unspecified atom stereocenters. The molecule has 30 heavy (non-hydrogen) atoms. The minimum absolute atomic E-state index is 0.209. The molecule has 4 rings (SSSR count). The molecule has 2 fully saturated rings. The number of unbranched alkanes of at least 4 members (excludes halogenated alkanes) is 2. The third kappa shape index (κ3) is 4.75. The molecule has 0 amide bonds. The SMILES string of the molecule is CCCCCC1CCC2CC(C3CCc4cc(C(=O)OC)cc(F)c4C3)CCC2C1. The zero-order chi connectivity index (χ0) is 21.1. The van der Waals surface area contributed by atoms with Gasteiger partial charge in [0.05, 0.1) is 12.7 Å². The Morgan fingerprint density at radius 2 is 1.73 bits per heavy atom. The number of benzene rings is 1. The van der Waals surface area contributed by atoms with Crippen molar-refractivity contribution in [2.24, 2.45) is 29.6 Å². The summed E-state index contributed by atoms with van der Waals surface area (Å²) in [6, 6.07) is 3.24. The highest BCUT2D eigenvalue weighted by molar-refractivity contribution is 5.89. The molecular weight excluding hydrogens is 375 g/mol. The summed E-state index contributed by atoms with van der Waals surface area (Å²) in [5.74, 6) is 3.57. The van der Waals surface area contributed by atoms with E-state index in [1.165, 1.54) is 77.4 Å². The summed E-state index contributed by atoms with van der Waals surface area (Å²) in [4.78, 5) is 11.8. The molecule has 166 valence electrons. The standard InChI is InChI=1S/C27H39FO2/c1-3-4-5-6-18-7-8-20-14-21(10-9-19(20)13-18)22-11-12-23-15-24(27(29)30-2)17-26(28)25(23)16-22/h15,17-22H,3-14,16H2,1-2H3. The first-order valence-corrected chi connectivity index (χ1v) is 12.5. The van der Waals surface area contributed by atoms with Gasteiger partial charge >= 0.3 is 5.97 Å². The van der Waals surface area contributed by atoms with Gasteiger partial charge < -0.3 is 4.74 Å². The van der Waals surface area contributed by atoms with E-state index in [1.807, 2.05) is 6.07 Å². The first-order chi connectivity index (χ1) is 14.6. The molecule has 0 radical (unpaired) electrons. The Balaban J connectivity index is 1.35. The van der Waals surface area contributed by atoms with Crippen molar-refractivity contribution in [3.63, 3.8) is 0 Å². The Hall–Kier alpha value is -1.38. The van der Waals surface area contributed by atoms with E-state index in [4.69, 9.17) is 4.74 Å². The monoisotopic (exact) mass is 414 g/mol. The lowest BCUT2D eigenvalue weighted by Gasteiger charge is -2.45. The van der Waals surface area contributed by atoms with Crippen LogP contribution in [0.4, 0.5) is 4.39 Å². The summed E-state index contributed by atoms with van der Waals surface area (Å²) in [6.07, 6.45) is 16.9. The number of halogens is 1. The Morgan fingerprint density at radius 3 is 2.50 bits per heavy atom. The maximum absolute atomic E-state index is 14.8. The predicted molar refractivity (Wildman–Crippen MR) is 119 cm³/mol. The van der Waals surface area contributed by atoms with Crippen LogP contribution < -0.4 is 0 Å². The number of hydrogen-bond donors (Lipinski definition) is 0. The highest BCUT2D eigenvalue weighted by Crippen LogP contribution is 2.49. The highest BCUT2D eigenvalue weighted by atomic mass is 19.1. The molecule has 1 aromatic carbocycles. The molecule has 0 saturated heterocycles. The van der Waals surface area contributed by atoms with Crippen LogP contribution in [0.5, 0.6) is 0 Å². The lowest BCUT2D eigenvalue weighted by Crippen LogP contribution is -2.35. The lowest BCUT2D eigenvalue weighted by molar-refractivity contribution is 0.0599. The second-order valence-corrected chi connectivity index (χ2v) is 10.4. The van der Waals surface area contributed by atoms with E-state index in [-0.39, 0.29) is 5.82 Å². The normalized spacial score (nSPS) is 31.0. The first kappa shape index (κ1) is 21.8. The molecule has 2 saturated carbocycles. The van der Waals surface area contributed by atoms with Crippen molar-refractivity contribution in [2.45, 2.75) is 90.4 Å². The Morgan fingerprint density at radius 1 is 1.00 bits per heavy atom. The van der Waals surface area contributed by atoms with Crippen LogP contribution in [0, 0.1) is 35.4 Å². The van der Waals surface area contributed by atoms with E-state index in [0.29, 0.717) is 11.5 Å². The molecule has 0 spiro atoms. The number of esters is 1. The molecule has 0 heterocycles.